The van der Waals surface area contributed by atoms with E-state index in [-0.39, 0.29) is 23.7 Å². The van der Waals surface area contributed by atoms with Crippen LogP contribution in [0.2, 0.25) is 0 Å². The number of ether oxygens (including phenoxy) is 1. The second-order valence-corrected chi connectivity index (χ2v) is 12.8. The van der Waals surface area contributed by atoms with Crippen LogP contribution in [0.4, 0.5) is 0 Å². The van der Waals surface area contributed by atoms with Crippen molar-refractivity contribution in [3.63, 3.8) is 0 Å². The zero-order chi connectivity index (χ0) is 30.3. The lowest BCUT2D eigenvalue weighted by Gasteiger charge is -2.48. The number of amides is 1. The first kappa shape index (κ1) is 31.5. The van der Waals surface area contributed by atoms with Crippen molar-refractivity contribution in [3.8, 4) is 5.75 Å². The minimum atomic E-state index is -0.137. The molecule has 1 saturated carbocycles. The topological polar surface area (TPSA) is 76.6 Å². The van der Waals surface area contributed by atoms with Gasteiger partial charge in [-0.3, -0.25) is 19.4 Å². The van der Waals surface area contributed by atoms with E-state index in [0.717, 1.165) is 69.2 Å². The van der Waals surface area contributed by atoms with Crippen LogP contribution in [0, 0.1) is 5.92 Å². The zero-order valence-electron chi connectivity index (χ0n) is 26.3. The van der Waals surface area contributed by atoms with Crippen molar-refractivity contribution in [1.29, 1.82) is 0 Å². The van der Waals surface area contributed by atoms with Crippen molar-refractivity contribution >= 4 is 11.9 Å². The maximum atomic E-state index is 13.8. The van der Waals surface area contributed by atoms with E-state index in [1.165, 1.54) is 19.4 Å². The predicted molar refractivity (Wildman–Crippen MR) is 169 cm³/mol. The number of phenols is 1. The first-order valence-electron chi connectivity index (χ1n) is 16.4. The average molecular weight is 591 g/mol. The summed E-state index contributed by atoms with van der Waals surface area (Å²) in [5, 5.41) is 10.4. The molecule has 0 spiro atoms. The SMILES string of the molecule is CCOC(=O)CCCN1CCCN(C(=O)c2cccc(C(c3cccc(O)c3)N3C[C@@H](C)N(CC4CC4)C[C@@H]3C)c2)CC1. The van der Waals surface area contributed by atoms with Gasteiger partial charge in [0.05, 0.1) is 12.6 Å². The monoisotopic (exact) mass is 590 g/mol. The van der Waals surface area contributed by atoms with Crippen molar-refractivity contribution in [3.05, 3.63) is 65.2 Å². The molecule has 3 aliphatic rings. The third-order valence-corrected chi connectivity index (χ3v) is 9.36. The molecular weight excluding hydrogens is 540 g/mol. The molecule has 1 amide bonds. The second-order valence-electron chi connectivity index (χ2n) is 12.8. The van der Waals surface area contributed by atoms with E-state index in [9.17, 15) is 14.7 Å². The first-order valence-corrected chi connectivity index (χ1v) is 16.4. The number of esters is 1. The number of hydrogen-bond donors (Lipinski definition) is 1. The van der Waals surface area contributed by atoms with Gasteiger partial charge in [-0.15, -0.1) is 0 Å². The summed E-state index contributed by atoms with van der Waals surface area (Å²) in [5.41, 5.74) is 2.85. The Morgan fingerprint density at radius 1 is 0.953 bits per heavy atom. The highest BCUT2D eigenvalue weighted by Crippen LogP contribution is 2.37. The number of aromatic hydroxyl groups is 1. The lowest BCUT2D eigenvalue weighted by molar-refractivity contribution is -0.143. The molecular formula is C35H50N4O4. The van der Waals surface area contributed by atoms with Crippen molar-refractivity contribution in [2.24, 2.45) is 5.92 Å². The molecule has 0 bridgehead atoms. The molecule has 43 heavy (non-hydrogen) atoms. The van der Waals surface area contributed by atoms with E-state index in [4.69, 9.17) is 4.74 Å². The molecule has 1 N–H and O–H groups in total. The molecule has 2 saturated heterocycles. The summed E-state index contributed by atoms with van der Waals surface area (Å²) in [6, 6.07) is 16.5. The van der Waals surface area contributed by atoms with Gasteiger partial charge in [0, 0.05) is 63.3 Å². The Labute approximate surface area is 257 Å². The van der Waals surface area contributed by atoms with Crippen LogP contribution in [0.1, 0.15) is 80.4 Å². The van der Waals surface area contributed by atoms with Crippen molar-refractivity contribution in [1.82, 2.24) is 19.6 Å². The number of carbonyl (C=O) groups is 2. The van der Waals surface area contributed by atoms with Crippen LogP contribution >= 0.6 is 0 Å². The van der Waals surface area contributed by atoms with Crippen LogP contribution in [0.5, 0.6) is 5.75 Å². The molecule has 2 aromatic rings. The van der Waals surface area contributed by atoms with E-state index in [1.54, 1.807) is 6.07 Å². The molecule has 3 fully saturated rings. The predicted octanol–water partition coefficient (Wildman–Crippen LogP) is 4.78. The summed E-state index contributed by atoms with van der Waals surface area (Å²) in [6.45, 7) is 14.0. The molecule has 1 aliphatic carbocycles. The fourth-order valence-electron chi connectivity index (χ4n) is 6.84. The highest BCUT2D eigenvalue weighted by atomic mass is 16.5. The molecule has 1 unspecified atom stereocenters. The van der Waals surface area contributed by atoms with Gasteiger partial charge in [-0.1, -0.05) is 24.3 Å². The Morgan fingerprint density at radius 2 is 1.72 bits per heavy atom. The fourth-order valence-corrected chi connectivity index (χ4v) is 6.84. The number of benzene rings is 2. The van der Waals surface area contributed by atoms with Crippen LogP contribution in [0.3, 0.4) is 0 Å². The molecule has 2 aromatic carbocycles. The van der Waals surface area contributed by atoms with Gasteiger partial charge in [0.1, 0.15) is 5.75 Å². The Balaban J connectivity index is 1.30. The largest absolute Gasteiger partial charge is 0.508 e. The lowest BCUT2D eigenvalue weighted by Crippen LogP contribution is -2.57. The normalized spacial score (nSPS) is 23.1. The number of phenolic OH excluding ortho intramolecular Hbond substituents is 1. The highest BCUT2D eigenvalue weighted by Gasteiger charge is 2.37. The van der Waals surface area contributed by atoms with Gasteiger partial charge < -0.3 is 19.6 Å². The maximum Gasteiger partial charge on any atom is 0.305 e. The van der Waals surface area contributed by atoms with Gasteiger partial charge in [-0.25, -0.2) is 0 Å². The third kappa shape index (κ3) is 8.37. The number of nitrogens with zero attached hydrogens (tertiary/aromatic N) is 4. The van der Waals surface area contributed by atoms with Crippen LogP contribution in [-0.4, -0.2) is 108 Å². The molecule has 5 rings (SSSR count). The fraction of sp³-hybridized carbons (Fsp3) is 0.600. The first-order chi connectivity index (χ1) is 20.8. The van der Waals surface area contributed by atoms with Gasteiger partial charge in [0.2, 0.25) is 0 Å². The van der Waals surface area contributed by atoms with E-state index >= 15 is 0 Å². The van der Waals surface area contributed by atoms with Crippen molar-refractivity contribution in [2.75, 3.05) is 59.0 Å². The molecule has 2 heterocycles. The molecule has 8 nitrogen and oxygen atoms in total. The lowest BCUT2D eigenvalue weighted by atomic mass is 9.92. The van der Waals surface area contributed by atoms with E-state index in [2.05, 4.69) is 46.7 Å². The minimum Gasteiger partial charge on any atom is -0.508 e. The smallest absolute Gasteiger partial charge is 0.305 e. The summed E-state index contributed by atoms with van der Waals surface area (Å²) >= 11 is 0. The standard InChI is InChI=1S/C35H50N4O4/c1-4-43-33(41)13-7-16-36-17-8-18-37(20-19-36)35(42)31-11-5-9-29(21-31)34(30-10-6-12-32(40)22-30)39-24-26(2)38(23-27(39)3)25-28-14-15-28/h5-6,9-12,21-22,26-28,34,40H,4,7-8,13-20,23-25H2,1-3H3/t26-,27+,34?/m1/s1. The summed E-state index contributed by atoms with van der Waals surface area (Å²) in [4.78, 5) is 35.1. The number of carbonyl (C=O) groups excluding carboxylic acids is 2. The molecule has 2 aliphatic heterocycles. The van der Waals surface area contributed by atoms with Crippen LogP contribution in [-0.2, 0) is 9.53 Å². The van der Waals surface area contributed by atoms with Crippen LogP contribution in [0.25, 0.3) is 0 Å². The van der Waals surface area contributed by atoms with Gasteiger partial charge in [-0.2, -0.15) is 0 Å². The summed E-state index contributed by atoms with van der Waals surface area (Å²) < 4.78 is 5.06. The van der Waals surface area contributed by atoms with Crippen LogP contribution in [0.15, 0.2) is 48.5 Å². The van der Waals surface area contributed by atoms with Gasteiger partial charge in [-0.05, 0) is 101 Å². The quantitative estimate of drug-likeness (QED) is 0.378. The molecule has 0 radical (unpaired) electrons. The maximum absolute atomic E-state index is 13.8. The van der Waals surface area contributed by atoms with Crippen LogP contribution < -0.4 is 0 Å². The molecule has 3 atom stereocenters. The van der Waals surface area contributed by atoms with Gasteiger partial charge in [0.15, 0.2) is 0 Å². The number of rotatable bonds is 11. The molecule has 0 aromatic heterocycles. The number of hydrogen-bond acceptors (Lipinski definition) is 7. The Bertz CT molecular complexity index is 1230. The van der Waals surface area contributed by atoms with Crippen molar-refractivity contribution in [2.45, 2.75) is 71.0 Å². The Kier molecular flexibility index (Phi) is 10.8. The average Bonchev–Trinajstić information content (AvgIpc) is 3.83. The Hall–Kier alpha value is -2.94. The third-order valence-electron chi connectivity index (χ3n) is 9.36. The van der Waals surface area contributed by atoms with Gasteiger partial charge in [0.25, 0.3) is 5.91 Å². The van der Waals surface area contributed by atoms with E-state index in [1.807, 2.05) is 36.1 Å². The van der Waals surface area contributed by atoms with Gasteiger partial charge >= 0.3 is 5.97 Å². The van der Waals surface area contributed by atoms with Crippen molar-refractivity contribution < 1.29 is 19.4 Å². The summed E-state index contributed by atoms with van der Waals surface area (Å²) in [6.07, 6.45) is 4.85. The van der Waals surface area contributed by atoms with E-state index < -0.39 is 0 Å². The highest BCUT2D eigenvalue weighted by molar-refractivity contribution is 5.94. The second kappa shape index (κ2) is 14.7. The zero-order valence-corrected chi connectivity index (χ0v) is 26.3. The molecule has 234 valence electrons. The number of piperazine rings is 1. The summed E-state index contributed by atoms with van der Waals surface area (Å²) in [7, 11) is 0. The minimum absolute atomic E-state index is 0.0561. The Morgan fingerprint density at radius 3 is 2.47 bits per heavy atom. The van der Waals surface area contributed by atoms with E-state index in [0.29, 0.717) is 37.2 Å². The summed E-state index contributed by atoms with van der Waals surface area (Å²) in [5.74, 6) is 1.06. The molecule has 8 heteroatoms.